The SMILES string of the molecule is CCOc1ccc(-n2c(SCc3cccc(F)c3)nnc2-c2cccc(Cl)c2)cc1. The standard InChI is InChI=1S/C23H19ClFN3OS/c1-2-29-21-11-9-20(10-12-21)28-22(17-6-4-7-18(24)14-17)26-27-23(28)30-15-16-5-3-8-19(25)13-16/h3-14H,2,15H2,1H3. The van der Waals surface area contributed by atoms with Crippen molar-refractivity contribution in [2.45, 2.75) is 17.8 Å². The van der Waals surface area contributed by atoms with Crippen LogP contribution >= 0.6 is 23.4 Å². The van der Waals surface area contributed by atoms with Crippen LogP contribution in [0.3, 0.4) is 0 Å². The molecule has 0 spiro atoms. The zero-order valence-electron chi connectivity index (χ0n) is 16.3. The smallest absolute Gasteiger partial charge is 0.196 e. The van der Waals surface area contributed by atoms with Gasteiger partial charge in [0.05, 0.1) is 6.61 Å². The van der Waals surface area contributed by atoms with Crippen LogP contribution in [0.5, 0.6) is 5.75 Å². The maximum atomic E-state index is 13.5. The molecule has 0 amide bonds. The molecule has 3 aromatic carbocycles. The van der Waals surface area contributed by atoms with Crippen molar-refractivity contribution in [2.75, 3.05) is 6.61 Å². The van der Waals surface area contributed by atoms with Gasteiger partial charge in [-0.3, -0.25) is 4.57 Å². The molecule has 0 N–H and O–H groups in total. The average Bonchev–Trinajstić information content (AvgIpc) is 3.17. The Balaban J connectivity index is 1.72. The number of nitrogens with zero attached hydrogens (tertiary/aromatic N) is 3. The largest absolute Gasteiger partial charge is 0.494 e. The Kier molecular flexibility index (Phi) is 6.35. The van der Waals surface area contributed by atoms with Crippen LogP contribution in [0.4, 0.5) is 4.39 Å². The summed E-state index contributed by atoms with van der Waals surface area (Å²) in [5.41, 5.74) is 2.65. The molecule has 0 unspecified atom stereocenters. The number of hydrogen-bond acceptors (Lipinski definition) is 4. The first-order chi connectivity index (χ1) is 14.6. The Morgan fingerprint density at radius 2 is 1.80 bits per heavy atom. The van der Waals surface area contributed by atoms with Gasteiger partial charge in [0.1, 0.15) is 11.6 Å². The number of halogens is 2. The summed E-state index contributed by atoms with van der Waals surface area (Å²) in [5, 5.41) is 10.2. The van der Waals surface area contributed by atoms with E-state index in [9.17, 15) is 4.39 Å². The highest BCUT2D eigenvalue weighted by atomic mass is 35.5. The molecule has 1 aromatic heterocycles. The van der Waals surface area contributed by atoms with E-state index in [1.807, 2.05) is 66.1 Å². The topological polar surface area (TPSA) is 39.9 Å². The van der Waals surface area contributed by atoms with Crippen molar-refractivity contribution in [1.29, 1.82) is 0 Å². The second-order valence-electron chi connectivity index (χ2n) is 6.50. The number of benzene rings is 3. The normalized spacial score (nSPS) is 10.9. The lowest BCUT2D eigenvalue weighted by Crippen LogP contribution is -2.00. The van der Waals surface area contributed by atoms with E-state index in [4.69, 9.17) is 16.3 Å². The summed E-state index contributed by atoms with van der Waals surface area (Å²) in [5.74, 6) is 1.80. The molecular weight excluding hydrogens is 421 g/mol. The zero-order valence-corrected chi connectivity index (χ0v) is 17.8. The highest BCUT2D eigenvalue weighted by Gasteiger charge is 2.17. The highest BCUT2D eigenvalue weighted by Crippen LogP contribution is 2.31. The van der Waals surface area contributed by atoms with E-state index in [1.165, 1.54) is 23.9 Å². The lowest BCUT2D eigenvalue weighted by Gasteiger charge is -2.12. The van der Waals surface area contributed by atoms with E-state index in [0.717, 1.165) is 22.6 Å². The quantitative estimate of drug-likeness (QED) is 0.311. The van der Waals surface area contributed by atoms with Crippen molar-refractivity contribution in [1.82, 2.24) is 14.8 Å². The van der Waals surface area contributed by atoms with Crippen molar-refractivity contribution in [3.05, 3.63) is 89.2 Å². The lowest BCUT2D eigenvalue weighted by atomic mass is 10.2. The van der Waals surface area contributed by atoms with Gasteiger partial charge in [-0.05, 0) is 61.0 Å². The van der Waals surface area contributed by atoms with Gasteiger partial charge >= 0.3 is 0 Å². The molecular formula is C23H19ClFN3OS. The summed E-state index contributed by atoms with van der Waals surface area (Å²) < 4.78 is 21.1. The Hall–Kier alpha value is -2.83. The molecule has 0 saturated heterocycles. The molecule has 30 heavy (non-hydrogen) atoms. The summed E-state index contributed by atoms with van der Waals surface area (Å²) in [4.78, 5) is 0. The summed E-state index contributed by atoms with van der Waals surface area (Å²) in [6.45, 7) is 2.56. The molecule has 1 heterocycles. The van der Waals surface area contributed by atoms with E-state index < -0.39 is 0 Å². The summed E-state index contributed by atoms with van der Waals surface area (Å²) in [6.07, 6.45) is 0. The number of thioether (sulfide) groups is 1. The minimum atomic E-state index is -0.249. The maximum Gasteiger partial charge on any atom is 0.196 e. The molecule has 7 heteroatoms. The minimum absolute atomic E-state index is 0.249. The first-order valence-electron chi connectivity index (χ1n) is 9.46. The molecule has 0 aliphatic rings. The second kappa shape index (κ2) is 9.32. The molecule has 152 valence electrons. The minimum Gasteiger partial charge on any atom is -0.494 e. The summed E-state index contributed by atoms with van der Waals surface area (Å²) in [7, 11) is 0. The van der Waals surface area contributed by atoms with E-state index in [0.29, 0.717) is 28.4 Å². The average molecular weight is 440 g/mol. The fraction of sp³-hybridized carbons (Fsp3) is 0.130. The molecule has 0 bridgehead atoms. The molecule has 0 radical (unpaired) electrons. The first-order valence-corrected chi connectivity index (χ1v) is 10.8. The van der Waals surface area contributed by atoms with Crippen LogP contribution in [0.1, 0.15) is 12.5 Å². The molecule has 4 aromatic rings. The number of ether oxygens (including phenoxy) is 1. The van der Waals surface area contributed by atoms with Crippen LogP contribution in [0, 0.1) is 5.82 Å². The van der Waals surface area contributed by atoms with Crippen molar-refractivity contribution in [2.24, 2.45) is 0 Å². The number of hydrogen-bond donors (Lipinski definition) is 0. The van der Waals surface area contributed by atoms with Gasteiger partial charge in [0.25, 0.3) is 0 Å². The number of aromatic nitrogens is 3. The molecule has 4 rings (SSSR count). The monoisotopic (exact) mass is 439 g/mol. The number of rotatable bonds is 7. The maximum absolute atomic E-state index is 13.5. The van der Waals surface area contributed by atoms with Gasteiger partial charge in [0.2, 0.25) is 0 Å². The molecule has 0 fully saturated rings. The Morgan fingerprint density at radius 1 is 1.00 bits per heavy atom. The van der Waals surface area contributed by atoms with Crippen LogP contribution in [0.15, 0.2) is 78.0 Å². The summed E-state index contributed by atoms with van der Waals surface area (Å²) in [6, 6.07) is 21.9. The van der Waals surface area contributed by atoms with Gasteiger partial charge in [-0.1, -0.05) is 47.6 Å². The zero-order chi connectivity index (χ0) is 20.9. The summed E-state index contributed by atoms with van der Waals surface area (Å²) >= 11 is 7.69. The third kappa shape index (κ3) is 4.66. The van der Waals surface area contributed by atoms with Crippen LogP contribution in [0.2, 0.25) is 5.02 Å². The van der Waals surface area contributed by atoms with E-state index in [2.05, 4.69) is 10.2 Å². The van der Waals surface area contributed by atoms with Gasteiger partial charge in [0.15, 0.2) is 11.0 Å². The molecule has 4 nitrogen and oxygen atoms in total. The Labute approximate surface area is 183 Å². The molecule has 0 aliphatic heterocycles. The van der Waals surface area contributed by atoms with Crippen LogP contribution < -0.4 is 4.74 Å². The van der Waals surface area contributed by atoms with E-state index in [1.54, 1.807) is 6.07 Å². The third-order valence-corrected chi connectivity index (χ3v) is 5.61. The van der Waals surface area contributed by atoms with Crippen LogP contribution in [-0.2, 0) is 5.75 Å². The van der Waals surface area contributed by atoms with Crippen molar-refractivity contribution in [3.8, 4) is 22.8 Å². The van der Waals surface area contributed by atoms with E-state index >= 15 is 0 Å². The third-order valence-electron chi connectivity index (χ3n) is 4.38. The molecule has 0 atom stereocenters. The fourth-order valence-electron chi connectivity index (χ4n) is 3.04. The fourth-order valence-corrected chi connectivity index (χ4v) is 4.13. The van der Waals surface area contributed by atoms with Crippen LogP contribution in [-0.4, -0.2) is 21.4 Å². The van der Waals surface area contributed by atoms with Crippen LogP contribution in [0.25, 0.3) is 17.1 Å². The lowest BCUT2D eigenvalue weighted by molar-refractivity contribution is 0.340. The Morgan fingerprint density at radius 3 is 2.53 bits per heavy atom. The van der Waals surface area contributed by atoms with Crippen molar-refractivity contribution >= 4 is 23.4 Å². The van der Waals surface area contributed by atoms with E-state index in [-0.39, 0.29) is 5.82 Å². The molecule has 0 saturated carbocycles. The van der Waals surface area contributed by atoms with Crippen molar-refractivity contribution < 1.29 is 9.13 Å². The highest BCUT2D eigenvalue weighted by molar-refractivity contribution is 7.98. The first kappa shape index (κ1) is 20.4. The van der Waals surface area contributed by atoms with Gasteiger partial charge in [-0.2, -0.15) is 0 Å². The van der Waals surface area contributed by atoms with Crippen molar-refractivity contribution in [3.63, 3.8) is 0 Å². The Bertz CT molecular complexity index is 1150. The molecule has 0 aliphatic carbocycles. The van der Waals surface area contributed by atoms with Gasteiger partial charge in [-0.15, -0.1) is 10.2 Å². The predicted molar refractivity (Wildman–Crippen MR) is 119 cm³/mol. The predicted octanol–water partition coefficient (Wildman–Crippen LogP) is 6.42. The van der Waals surface area contributed by atoms with Gasteiger partial charge < -0.3 is 4.74 Å². The second-order valence-corrected chi connectivity index (χ2v) is 7.88. The van der Waals surface area contributed by atoms with Gasteiger partial charge in [0, 0.05) is 22.0 Å². The van der Waals surface area contributed by atoms with Gasteiger partial charge in [-0.25, -0.2) is 4.39 Å².